The van der Waals surface area contributed by atoms with Gasteiger partial charge in [0.05, 0.1) is 6.07 Å². The van der Waals surface area contributed by atoms with Gasteiger partial charge in [-0.2, -0.15) is 5.26 Å². The Hall–Kier alpha value is -1.34. The lowest BCUT2D eigenvalue weighted by atomic mass is 9.91. The third-order valence-corrected chi connectivity index (χ3v) is 4.31. The summed E-state index contributed by atoms with van der Waals surface area (Å²) in [7, 11) is 0. The van der Waals surface area contributed by atoms with Crippen LogP contribution in [0.4, 0.5) is 0 Å². The summed E-state index contributed by atoms with van der Waals surface area (Å²) in [5.41, 5.74) is 1.87. The first kappa shape index (κ1) is 16.0. The number of halogens is 3. The smallest absolute Gasteiger partial charge is 0.185 e. The van der Waals surface area contributed by atoms with Gasteiger partial charge in [0.1, 0.15) is 5.92 Å². The first-order valence-corrected chi connectivity index (χ1v) is 7.64. The van der Waals surface area contributed by atoms with Crippen molar-refractivity contribution < 1.29 is 4.79 Å². The van der Waals surface area contributed by atoms with Crippen molar-refractivity contribution in [3.05, 3.63) is 67.6 Å². The summed E-state index contributed by atoms with van der Waals surface area (Å²) < 4.78 is 0.656. The molecule has 0 amide bonds. The van der Waals surface area contributed by atoms with Crippen LogP contribution in [-0.2, 0) is 0 Å². The highest BCUT2D eigenvalue weighted by molar-refractivity contribution is 9.10. The van der Waals surface area contributed by atoms with Gasteiger partial charge in [-0.05, 0) is 36.8 Å². The topological polar surface area (TPSA) is 40.9 Å². The van der Waals surface area contributed by atoms with E-state index in [1.54, 1.807) is 24.3 Å². The van der Waals surface area contributed by atoms with Crippen LogP contribution < -0.4 is 0 Å². The standard InChI is InChI=1S/C16H10BrCl2NO/c1-9-2-5-14(17)12(6-9)16(21)13(8-20)11-4-3-10(18)7-15(11)19/h2-7,13H,1H3. The van der Waals surface area contributed by atoms with E-state index in [1.807, 2.05) is 19.1 Å². The minimum Gasteiger partial charge on any atom is -0.292 e. The van der Waals surface area contributed by atoms with Crippen LogP contribution in [-0.4, -0.2) is 5.78 Å². The summed E-state index contributed by atoms with van der Waals surface area (Å²) in [6.45, 7) is 1.89. The lowest BCUT2D eigenvalue weighted by molar-refractivity contribution is 0.0978. The number of hydrogen-bond donors (Lipinski definition) is 0. The molecule has 0 aliphatic rings. The van der Waals surface area contributed by atoms with Crippen LogP contribution in [0.2, 0.25) is 10.0 Å². The number of aryl methyl sites for hydroxylation is 1. The first-order chi connectivity index (χ1) is 9.93. The van der Waals surface area contributed by atoms with Crippen LogP contribution >= 0.6 is 39.1 Å². The molecule has 2 aromatic rings. The quantitative estimate of drug-likeness (QED) is 0.652. The average Bonchev–Trinajstić information content (AvgIpc) is 2.44. The third kappa shape index (κ3) is 3.47. The molecule has 1 atom stereocenters. The Labute approximate surface area is 141 Å². The van der Waals surface area contributed by atoms with Crippen molar-refractivity contribution in [3.8, 4) is 6.07 Å². The highest BCUT2D eigenvalue weighted by atomic mass is 79.9. The summed E-state index contributed by atoms with van der Waals surface area (Å²) in [5.74, 6) is -1.26. The van der Waals surface area contributed by atoms with Gasteiger partial charge in [0.15, 0.2) is 5.78 Å². The van der Waals surface area contributed by atoms with Gasteiger partial charge in [0.25, 0.3) is 0 Å². The van der Waals surface area contributed by atoms with Gasteiger partial charge in [-0.3, -0.25) is 4.79 Å². The molecule has 0 bridgehead atoms. The van der Waals surface area contributed by atoms with Gasteiger partial charge < -0.3 is 0 Å². The number of rotatable bonds is 3. The molecular formula is C16H10BrCl2NO. The van der Waals surface area contributed by atoms with E-state index in [0.717, 1.165) is 5.56 Å². The molecule has 0 aromatic heterocycles. The second-order valence-corrected chi connectivity index (χ2v) is 6.27. The van der Waals surface area contributed by atoms with Gasteiger partial charge >= 0.3 is 0 Å². The Balaban J connectivity index is 2.49. The molecule has 0 radical (unpaired) electrons. The van der Waals surface area contributed by atoms with Gasteiger partial charge in [0.2, 0.25) is 0 Å². The maximum Gasteiger partial charge on any atom is 0.185 e. The lowest BCUT2D eigenvalue weighted by Crippen LogP contribution is -2.12. The lowest BCUT2D eigenvalue weighted by Gasteiger charge is -2.12. The van der Waals surface area contributed by atoms with E-state index in [9.17, 15) is 10.1 Å². The minimum absolute atomic E-state index is 0.294. The van der Waals surface area contributed by atoms with Crippen molar-refractivity contribution in [2.24, 2.45) is 0 Å². The number of nitrogens with zero attached hydrogens (tertiary/aromatic N) is 1. The highest BCUT2D eigenvalue weighted by Crippen LogP contribution is 2.31. The van der Waals surface area contributed by atoms with E-state index < -0.39 is 5.92 Å². The Kier molecular flexibility index (Phi) is 5.05. The monoisotopic (exact) mass is 381 g/mol. The maximum absolute atomic E-state index is 12.6. The Morgan fingerprint density at radius 2 is 1.95 bits per heavy atom. The van der Waals surface area contributed by atoms with E-state index in [-0.39, 0.29) is 5.78 Å². The van der Waals surface area contributed by atoms with E-state index in [4.69, 9.17) is 23.2 Å². The van der Waals surface area contributed by atoms with Crippen LogP contribution in [0.3, 0.4) is 0 Å². The van der Waals surface area contributed by atoms with Crippen molar-refractivity contribution in [2.75, 3.05) is 0 Å². The molecule has 0 spiro atoms. The molecule has 2 rings (SSSR count). The SMILES string of the molecule is Cc1ccc(Br)c(C(=O)C(C#N)c2ccc(Cl)cc2Cl)c1. The molecule has 2 nitrogen and oxygen atoms in total. The fourth-order valence-electron chi connectivity index (χ4n) is 1.99. The van der Waals surface area contributed by atoms with Crippen molar-refractivity contribution in [1.82, 2.24) is 0 Å². The van der Waals surface area contributed by atoms with Crippen LogP contribution in [0.1, 0.15) is 27.4 Å². The van der Waals surface area contributed by atoms with Crippen molar-refractivity contribution in [1.29, 1.82) is 5.26 Å². The molecule has 2 aromatic carbocycles. The molecule has 5 heteroatoms. The largest absolute Gasteiger partial charge is 0.292 e. The van der Waals surface area contributed by atoms with Crippen LogP contribution in [0, 0.1) is 18.3 Å². The third-order valence-electron chi connectivity index (χ3n) is 3.05. The molecule has 106 valence electrons. The molecule has 0 heterocycles. The average molecular weight is 383 g/mol. The number of carbonyl (C=O) groups is 1. The molecule has 0 aliphatic carbocycles. The molecule has 0 N–H and O–H groups in total. The zero-order valence-electron chi connectivity index (χ0n) is 11.0. The first-order valence-electron chi connectivity index (χ1n) is 6.09. The number of hydrogen-bond acceptors (Lipinski definition) is 2. The predicted molar refractivity (Wildman–Crippen MR) is 88.0 cm³/mol. The Morgan fingerprint density at radius 3 is 2.57 bits per heavy atom. The summed E-state index contributed by atoms with van der Waals surface area (Å²) >= 11 is 15.3. The molecule has 0 fully saturated rings. The van der Waals surface area contributed by atoms with Gasteiger partial charge in [-0.1, -0.05) is 56.8 Å². The van der Waals surface area contributed by atoms with Gasteiger partial charge in [0, 0.05) is 20.1 Å². The predicted octanol–water partition coefficient (Wildman–Crippen LogP) is 5.55. The van der Waals surface area contributed by atoms with E-state index >= 15 is 0 Å². The summed E-state index contributed by atoms with van der Waals surface area (Å²) in [6, 6.07) is 12.2. The fourth-order valence-corrected chi connectivity index (χ4v) is 2.95. The molecule has 0 saturated carbocycles. The normalized spacial score (nSPS) is 11.8. The van der Waals surface area contributed by atoms with Crippen LogP contribution in [0.25, 0.3) is 0 Å². The second-order valence-electron chi connectivity index (χ2n) is 4.58. The number of ketones is 1. The van der Waals surface area contributed by atoms with Crippen molar-refractivity contribution >= 4 is 44.9 Å². The van der Waals surface area contributed by atoms with E-state index in [1.165, 1.54) is 6.07 Å². The zero-order chi connectivity index (χ0) is 15.6. The van der Waals surface area contributed by atoms with Crippen molar-refractivity contribution in [3.63, 3.8) is 0 Å². The van der Waals surface area contributed by atoms with Crippen LogP contribution in [0.15, 0.2) is 40.9 Å². The highest BCUT2D eigenvalue weighted by Gasteiger charge is 2.25. The fraction of sp³-hybridized carbons (Fsp3) is 0.125. The molecule has 21 heavy (non-hydrogen) atoms. The number of nitriles is 1. The molecule has 0 aliphatic heterocycles. The Morgan fingerprint density at radius 1 is 1.24 bits per heavy atom. The zero-order valence-corrected chi connectivity index (χ0v) is 14.1. The van der Waals surface area contributed by atoms with Crippen molar-refractivity contribution in [2.45, 2.75) is 12.8 Å². The van der Waals surface area contributed by atoms with Gasteiger partial charge in [-0.15, -0.1) is 0 Å². The summed E-state index contributed by atoms with van der Waals surface area (Å²) in [5, 5.41) is 10.2. The van der Waals surface area contributed by atoms with E-state index in [2.05, 4.69) is 15.9 Å². The number of carbonyl (C=O) groups excluding carboxylic acids is 1. The van der Waals surface area contributed by atoms with Crippen LogP contribution in [0.5, 0.6) is 0 Å². The second kappa shape index (κ2) is 6.62. The molecular weight excluding hydrogens is 373 g/mol. The molecule has 0 saturated heterocycles. The maximum atomic E-state index is 12.6. The van der Waals surface area contributed by atoms with Gasteiger partial charge in [-0.25, -0.2) is 0 Å². The summed E-state index contributed by atoms with van der Waals surface area (Å²) in [6.07, 6.45) is 0. The Bertz CT molecular complexity index is 752. The minimum atomic E-state index is -0.965. The number of Topliss-reactive ketones (excluding diaryl/α,β-unsaturated/α-hetero) is 1. The summed E-state index contributed by atoms with van der Waals surface area (Å²) in [4.78, 5) is 12.6. The molecule has 1 unspecified atom stereocenters. The number of benzene rings is 2. The van der Waals surface area contributed by atoms with E-state index in [0.29, 0.717) is 25.6 Å².